The van der Waals surface area contributed by atoms with E-state index < -0.39 is 0 Å². The molecule has 0 radical (unpaired) electrons. The molecule has 0 spiro atoms. The number of H-pyrrole nitrogens is 1. The van der Waals surface area contributed by atoms with Gasteiger partial charge in [0.2, 0.25) is 11.1 Å². The van der Waals surface area contributed by atoms with Crippen LogP contribution in [0.15, 0.2) is 29.4 Å². The molecule has 128 valence electrons. The van der Waals surface area contributed by atoms with Crippen molar-refractivity contribution in [2.24, 2.45) is 0 Å². The number of hydrogen-bond acceptors (Lipinski definition) is 5. The van der Waals surface area contributed by atoms with Crippen molar-refractivity contribution >= 4 is 29.0 Å². The molecule has 0 aliphatic carbocycles. The number of carbonyl (C=O) groups is 1. The van der Waals surface area contributed by atoms with E-state index in [1.54, 1.807) is 0 Å². The van der Waals surface area contributed by atoms with Crippen LogP contribution >= 0.6 is 11.8 Å². The highest BCUT2D eigenvalue weighted by molar-refractivity contribution is 7.99. The maximum Gasteiger partial charge on any atom is 0.234 e. The summed E-state index contributed by atoms with van der Waals surface area (Å²) in [5.41, 5.74) is 2.05. The lowest BCUT2D eigenvalue weighted by atomic mass is 10.2. The molecule has 1 amide bonds. The number of carbonyl (C=O) groups excluding carboxylic acids is 1. The van der Waals surface area contributed by atoms with Crippen LogP contribution in [0.3, 0.4) is 0 Å². The van der Waals surface area contributed by atoms with Crippen LogP contribution in [0.5, 0.6) is 0 Å². The van der Waals surface area contributed by atoms with E-state index in [4.69, 9.17) is 0 Å². The van der Waals surface area contributed by atoms with Gasteiger partial charge in [0.25, 0.3) is 0 Å². The Morgan fingerprint density at radius 1 is 1.29 bits per heavy atom. The van der Waals surface area contributed by atoms with Crippen molar-refractivity contribution < 1.29 is 4.79 Å². The quantitative estimate of drug-likeness (QED) is 0.754. The molecule has 1 aromatic carbocycles. The first-order valence-corrected chi connectivity index (χ1v) is 9.42. The fourth-order valence-corrected chi connectivity index (χ4v) is 3.37. The third kappa shape index (κ3) is 4.50. The molecule has 0 bridgehead atoms. The zero-order chi connectivity index (χ0) is 16.8. The van der Waals surface area contributed by atoms with Gasteiger partial charge < -0.3 is 10.2 Å². The summed E-state index contributed by atoms with van der Waals surface area (Å²) < 4.78 is 0. The number of anilines is 2. The summed E-state index contributed by atoms with van der Waals surface area (Å²) in [5, 5.41) is 10.5. The van der Waals surface area contributed by atoms with E-state index in [1.807, 2.05) is 12.1 Å². The van der Waals surface area contributed by atoms with Crippen LogP contribution in [0, 0.1) is 0 Å². The number of benzene rings is 1. The van der Waals surface area contributed by atoms with Crippen molar-refractivity contribution in [3.8, 4) is 0 Å². The van der Waals surface area contributed by atoms with Crippen LogP contribution in [0.1, 0.15) is 32.0 Å². The van der Waals surface area contributed by atoms with E-state index in [1.165, 1.54) is 30.3 Å². The Labute approximate surface area is 146 Å². The zero-order valence-corrected chi connectivity index (χ0v) is 14.7. The van der Waals surface area contributed by atoms with Crippen LogP contribution in [0.4, 0.5) is 11.4 Å². The number of aromatic nitrogens is 3. The number of aryl methyl sites for hydroxylation is 1. The molecule has 7 heteroatoms. The van der Waals surface area contributed by atoms with Crippen LogP contribution in [-0.4, -0.2) is 39.9 Å². The van der Waals surface area contributed by atoms with Crippen molar-refractivity contribution in [3.63, 3.8) is 0 Å². The number of rotatable bonds is 7. The molecule has 1 aromatic heterocycles. The first kappa shape index (κ1) is 16.8. The molecule has 0 saturated carbocycles. The van der Waals surface area contributed by atoms with Gasteiger partial charge in [-0.05, 0) is 43.5 Å². The SMILES string of the molecule is CCCc1nc(SCC(=O)Nc2ccc(N3CCCC3)cc2)n[nH]1. The molecule has 1 saturated heterocycles. The molecule has 1 aliphatic heterocycles. The highest BCUT2D eigenvalue weighted by Crippen LogP contribution is 2.22. The lowest BCUT2D eigenvalue weighted by Gasteiger charge is -2.17. The first-order valence-electron chi connectivity index (χ1n) is 8.43. The predicted molar refractivity (Wildman–Crippen MR) is 97.6 cm³/mol. The van der Waals surface area contributed by atoms with Crippen LogP contribution in [0.2, 0.25) is 0 Å². The molecule has 3 rings (SSSR count). The Bertz CT molecular complexity index is 664. The summed E-state index contributed by atoms with van der Waals surface area (Å²) in [7, 11) is 0. The lowest BCUT2D eigenvalue weighted by Crippen LogP contribution is -2.18. The fraction of sp³-hybridized carbons (Fsp3) is 0.471. The monoisotopic (exact) mass is 345 g/mol. The van der Waals surface area contributed by atoms with Crippen LogP contribution < -0.4 is 10.2 Å². The molecule has 1 aliphatic rings. The lowest BCUT2D eigenvalue weighted by molar-refractivity contribution is -0.113. The third-order valence-corrected chi connectivity index (χ3v) is 4.80. The molecule has 6 nitrogen and oxygen atoms in total. The molecule has 2 aromatic rings. The predicted octanol–water partition coefficient (Wildman–Crippen LogP) is 3.09. The average molecular weight is 345 g/mol. The van der Waals surface area contributed by atoms with Crippen molar-refractivity contribution in [2.45, 2.75) is 37.8 Å². The van der Waals surface area contributed by atoms with E-state index in [-0.39, 0.29) is 5.91 Å². The van der Waals surface area contributed by atoms with Crippen molar-refractivity contribution in [2.75, 3.05) is 29.1 Å². The Kier molecular flexibility index (Phi) is 5.74. The Morgan fingerprint density at radius 3 is 2.75 bits per heavy atom. The smallest absolute Gasteiger partial charge is 0.234 e. The standard InChI is InChI=1S/C17H23N5OS/c1-2-5-15-19-17(21-20-15)24-12-16(23)18-13-6-8-14(9-7-13)22-10-3-4-11-22/h6-9H,2-5,10-12H2,1H3,(H,18,23)(H,19,20,21). The van der Waals surface area contributed by atoms with Gasteiger partial charge in [-0.15, -0.1) is 5.10 Å². The molecule has 2 heterocycles. The molecule has 1 fully saturated rings. The van der Waals surface area contributed by atoms with Gasteiger partial charge in [0, 0.05) is 30.9 Å². The summed E-state index contributed by atoms with van der Waals surface area (Å²) in [6.07, 6.45) is 4.42. The van der Waals surface area contributed by atoms with Crippen molar-refractivity contribution in [1.82, 2.24) is 15.2 Å². The second kappa shape index (κ2) is 8.19. The van der Waals surface area contributed by atoms with E-state index in [2.05, 4.69) is 44.5 Å². The average Bonchev–Trinajstić information content (AvgIpc) is 3.26. The van der Waals surface area contributed by atoms with Gasteiger partial charge in [-0.1, -0.05) is 18.7 Å². The van der Waals surface area contributed by atoms with E-state index in [0.717, 1.165) is 37.4 Å². The van der Waals surface area contributed by atoms with E-state index in [0.29, 0.717) is 10.9 Å². The van der Waals surface area contributed by atoms with Gasteiger partial charge in [-0.25, -0.2) is 4.98 Å². The summed E-state index contributed by atoms with van der Waals surface area (Å²) in [4.78, 5) is 18.8. The fourth-order valence-electron chi connectivity index (χ4n) is 2.75. The van der Waals surface area contributed by atoms with Crippen molar-refractivity contribution in [3.05, 3.63) is 30.1 Å². The minimum atomic E-state index is -0.0456. The maximum atomic E-state index is 12.1. The van der Waals surface area contributed by atoms with Crippen molar-refractivity contribution in [1.29, 1.82) is 0 Å². The van der Waals surface area contributed by atoms with Gasteiger partial charge in [0.05, 0.1) is 5.75 Å². The summed E-state index contributed by atoms with van der Waals surface area (Å²) in [6, 6.07) is 8.06. The highest BCUT2D eigenvalue weighted by Gasteiger charge is 2.12. The maximum absolute atomic E-state index is 12.1. The van der Waals surface area contributed by atoms with Gasteiger partial charge in [-0.2, -0.15) is 0 Å². The molecular formula is C17H23N5OS. The minimum absolute atomic E-state index is 0.0456. The van der Waals surface area contributed by atoms with Crippen LogP contribution in [-0.2, 0) is 11.2 Å². The number of nitrogens with one attached hydrogen (secondary N) is 2. The Morgan fingerprint density at radius 2 is 2.04 bits per heavy atom. The largest absolute Gasteiger partial charge is 0.372 e. The summed E-state index contributed by atoms with van der Waals surface area (Å²) in [5.74, 6) is 1.13. The molecular weight excluding hydrogens is 322 g/mol. The van der Waals surface area contributed by atoms with Gasteiger partial charge in [0.15, 0.2) is 0 Å². The van der Waals surface area contributed by atoms with Gasteiger partial charge >= 0.3 is 0 Å². The normalized spacial score (nSPS) is 14.1. The summed E-state index contributed by atoms with van der Waals surface area (Å²) >= 11 is 1.34. The van der Waals surface area contributed by atoms with Crippen LogP contribution in [0.25, 0.3) is 0 Å². The highest BCUT2D eigenvalue weighted by atomic mass is 32.2. The number of nitrogens with zero attached hydrogens (tertiary/aromatic N) is 3. The number of aromatic amines is 1. The molecule has 24 heavy (non-hydrogen) atoms. The van der Waals surface area contributed by atoms with Gasteiger partial charge in [-0.3, -0.25) is 9.89 Å². The molecule has 0 unspecified atom stereocenters. The zero-order valence-electron chi connectivity index (χ0n) is 13.9. The first-order chi connectivity index (χ1) is 11.7. The molecule has 0 atom stereocenters. The second-order valence-corrected chi connectivity index (χ2v) is 6.84. The molecule has 2 N–H and O–H groups in total. The second-order valence-electron chi connectivity index (χ2n) is 5.89. The Balaban J connectivity index is 1.47. The van der Waals surface area contributed by atoms with Gasteiger partial charge in [0.1, 0.15) is 5.82 Å². The topological polar surface area (TPSA) is 73.9 Å². The minimum Gasteiger partial charge on any atom is -0.372 e. The van der Waals surface area contributed by atoms with E-state index in [9.17, 15) is 4.79 Å². The number of thioether (sulfide) groups is 1. The van der Waals surface area contributed by atoms with E-state index >= 15 is 0 Å². The third-order valence-electron chi connectivity index (χ3n) is 3.95. The number of hydrogen-bond donors (Lipinski definition) is 2. The Hall–Kier alpha value is -2.02. The summed E-state index contributed by atoms with van der Waals surface area (Å²) in [6.45, 7) is 4.34. The number of amides is 1.